The highest BCUT2D eigenvalue weighted by Gasteiger charge is 2.35. The summed E-state index contributed by atoms with van der Waals surface area (Å²) in [5.41, 5.74) is 9.09. The van der Waals surface area contributed by atoms with Crippen molar-refractivity contribution in [3.63, 3.8) is 0 Å². The van der Waals surface area contributed by atoms with Gasteiger partial charge >= 0.3 is 0 Å². The Morgan fingerprint density at radius 3 is 2.30 bits per heavy atom. The maximum atomic E-state index is 6.64. The first kappa shape index (κ1) is 25.7. The van der Waals surface area contributed by atoms with E-state index in [1.165, 1.54) is 70.1 Å². The van der Waals surface area contributed by atoms with Gasteiger partial charge in [0.25, 0.3) is 0 Å². The molecule has 2 nitrogen and oxygen atoms in total. The Hall–Kier alpha value is -3.30. The van der Waals surface area contributed by atoms with Crippen LogP contribution < -0.4 is 4.57 Å². The molecule has 0 amide bonds. The second-order valence-electron chi connectivity index (χ2n) is 14.2. The number of rotatable bonds is 2. The number of hydrogen-bond donors (Lipinski definition) is 0. The molecule has 0 saturated carbocycles. The zero-order chi connectivity index (χ0) is 28.1. The normalized spacial score (nSPS) is 13.6. The lowest BCUT2D eigenvalue weighted by atomic mass is 9.83. The molecular weight excluding hydrogens is 506 g/mol. The zero-order valence-corrected chi connectivity index (χ0v) is 25.8. The molecule has 4 aromatic carbocycles. The molecule has 3 heteroatoms. The van der Waals surface area contributed by atoms with E-state index in [0.717, 1.165) is 24.0 Å². The Balaban J connectivity index is 1.61. The number of aryl methyl sites for hydroxylation is 2. The molecule has 0 fully saturated rings. The highest BCUT2D eigenvalue weighted by Crippen LogP contribution is 2.54. The van der Waals surface area contributed by atoms with Gasteiger partial charge < -0.3 is 4.42 Å². The molecule has 2 aromatic heterocycles. The van der Waals surface area contributed by atoms with E-state index in [2.05, 4.69) is 121 Å². The standard InChI is InChI=1S/C37H38NOS/c1-21-30-33-32-24(15-16-38(33)8)26-17-22(19-36(2,3)4)13-14-23(26)18-29(32)40-35(30)27(20-37(5,6)7)31-25-11-9-10-12-28(25)39-34(21)31/h9-18H,19-20H2,1-8H3/q+1. The van der Waals surface area contributed by atoms with Gasteiger partial charge in [-0.1, -0.05) is 89.7 Å². The van der Waals surface area contributed by atoms with E-state index < -0.39 is 0 Å². The summed E-state index contributed by atoms with van der Waals surface area (Å²) < 4.78 is 8.97. The molecule has 202 valence electrons. The van der Waals surface area contributed by atoms with Crippen LogP contribution in [0.4, 0.5) is 0 Å². The van der Waals surface area contributed by atoms with Crippen molar-refractivity contribution in [3.8, 4) is 11.3 Å². The summed E-state index contributed by atoms with van der Waals surface area (Å²) in [6.07, 6.45) is 4.31. The van der Waals surface area contributed by atoms with Gasteiger partial charge in [0.15, 0.2) is 6.20 Å². The molecule has 3 heterocycles. The summed E-state index contributed by atoms with van der Waals surface area (Å²) in [5, 5.41) is 7.89. The van der Waals surface area contributed by atoms with Crippen LogP contribution in [0.3, 0.4) is 0 Å². The largest absolute Gasteiger partial charge is 0.456 e. The molecule has 40 heavy (non-hydrogen) atoms. The predicted octanol–water partition coefficient (Wildman–Crippen LogP) is 10.3. The number of hydrogen-bond acceptors (Lipinski definition) is 2. The lowest BCUT2D eigenvalue weighted by molar-refractivity contribution is -0.659. The van der Waals surface area contributed by atoms with E-state index in [1.807, 2.05) is 11.8 Å². The van der Waals surface area contributed by atoms with E-state index in [-0.39, 0.29) is 10.8 Å². The van der Waals surface area contributed by atoms with Crippen molar-refractivity contribution in [3.05, 3.63) is 77.5 Å². The lowest BCUT2D eigenvalue weighted by Gasteiger charge is -2.27. The molecule has 1 aliphatic heterocycles. The Kier molecular flexibility index (Phi) is 5.52. The Morgan fingerprint density at radius 1 is 0.800 bits per heavy atom. The van der Waals surface area contributed by atoms with Crippen molar-refractivity contribution in [2.24, 2.45) is 17.9 Å². The number of furan rings is 1. The molecule has 0 spiro atoms. The van der Waals surface area contributed by atoms with Gasteiger partial charge in [-0.15, -0.1) is 0 Å². The summed E-state index contributed by atoms with van der Waals surface area (Å²) in [6.45, 7) is 16.3. The molecule has 0 N–H and O–H groups in total. The van der Waals surface area contributed by atoms with Gasteiger partial charge in [0.05, 0.1) is 10.9 Å². The van der Waals surface area contributed by atoms with Crippen LogP contribution in [-0.2, 0) is 19.9 Å². The first-order valence-electron chi connectivity index (χ1n) is 14.4. The third kappa shape index (κ3) is 3.96. The smallest absolute Gasteiger partial charge is 0.222 e. The first-order chi connectivity index (χ1) is 18.9. The third-order valence-electron chi connectivity index (χ3n) is 8.27. The van der Waals surface area contributed by atoms with Crippen LogP contribution in [-0.4, -0.2) is 0 Å². The predicted molar refractivity (Wildman–Crippen MR) is 171 cm³/mol. The molecule has 0 aliphatic carbocycles. The van der Waals surface area contributed by atoms with Crippen LogP contribution in [0.15, 0.2) is 75.0 Å². The van der Waals surface area contributed by atoms with Crippen molar-refractivity contribution >= 4 is 55.2 Å². The maximum Gasteiger partial charge on any atom is 0.222 e. The summed E-state index contributed by atoms with van der Waals surface area (Å²) in [5.74, 6) is 0. The van der Waals surface area contributed by atoms with E-state index in [4.69, 9.17) is 4.42 Å². The van der Waals surface area contributed by atoms with Gasteiger partial charge in [0.1, 0.15) is 18.2 Å². The third-order valence-corrected chi connectivity index (χ3v) is 9.47. The molecule has 7 rings (SSSR count). The van der Waals surface area contributed by atoms with Crippen LogP contribution in [0.5, 0.6) is 0 Å². The average Bonchev–Trinajstić information content (AvgIpc) is 3.26. The van der Waals surface area contributed by atoms with Gasteiger partial charge in [0.2, 0.25) is 5.69 Å². The van der Waals surface area contributed by atoms with Gasteiger partial charge in [-0.25, -0.2) is 4.57 Å². The van der Waals surface area contributed by atoms with Crippen LogP contribution in [0.1, 0.15) is 58.2 Å². The Morgan fingerprint density at radius 2 is 1.55 bits per heavy atom. The second-order valence-corrected chi connectivity index (χ2v) is 15.2. The monoisotopic (exact) mass is 544 g/mol. The van der Waals surface area contributed by atoms with Gasteiger partial charge in [-0.05, 0) is 64.6 Å². The van der Waals surface area contributed by atoms with Gasteiger partial charge in [-0.3, -0.25) is 0 Å². The van der Waals surface area contributed by atoms with E-state index in [9.17, 15) is 0 Å². The fraction of sp³-hybridized carbons (Fsp3) is 0.324. The molecule has 0 unspecified atom stereocenters. The van der Waals surface area contributed by atoms with Crippen molar-refractivity contribution in [1.29, 1.82) is 0 Å². The summed E-state index contributed by atoms with van der Waals surface area (Å²) in [7, 11) is 2.20. The molecule has 1 aliphatic rings. The molecule has 0 bridgehead atoms. The van der Waals surface area contributed by atoms with Crippen LogP contribution in [0.2, 0.25) is 0 Å². The highest BCUT2D eigenvalue weighted by molar-refractivity contribution is 8.00. The summed E-state index contributed by atoms with van der Waals surface area (Å²) in [4.78, 5) is 2.75. The molecule has 0 radical (unpaired) electrons. The SMILES string of the molecule is Cc1c2c(c(CC(C)(C)C)c3c1oc1ccccc13)Sc1cc3ccc(CC(C)(C)C)cc3c3cc[n+](C)c-2c13. The van der Waals surface area contributed by atoms with Crippen molar-refractivity contribution < 1.29 is 8.98 Å². The Labute approximate surface area is 241 Å². The van der Waals surface area contributed by atoms with Crippen molar-refractivity contribution in [2.45, 2.75) is 71.1 Å². The number of aromatic nitrogens is 1. The zero-order valence-electron chi connectivity index (χ0n) is 25.0. The molecule has 6 aromatic rings. The number of pyridine rings is 1. The summed E-state index contributed by atoms with van der Waals surface area (Å²) >= 11 is 1.97. The minimum atomic E-state index is 0.135. The van der Waals surface area contributed by atoms with Gasteiger partial charge in [0, 0.05) is 37.6 Å². The van der Waals surface area contributed by atoms with Crippen LogP contribution in [0.25, 0.3) is 54.7 Å². The van der Waals surface area contributed by atoms with E-state index in [0.29, 0.717) is 0 Å². The minimum Gasteiger partial charge on any atom is -0.456 e. The van der Waals surface area contributed by atoms with Crippen molar-refractivity contribution in [2.75, 3.05) is 0 Å². The molecule has 0 saturated heterocycles. The fourth-order valence-corrected chi connectivity index (χ4v) is 8.13. The topological polar surface area (TPSA) is 17.0 Å². The quantitative estimate of drug-likeness (QED) is 0.159. The van der Waals surface area contributed by atoms with Crippen molar-refractivity contribution in [1.82, 2.24) is 0 Å². The first-order valence-corrected chi connectivity index (χ1v) is 15.2. The number of fused-ring (bicyclic) bond motifs is 7. The van der Waals surface area contributed by atoms with Crippen LogP contribution >= 0.6 is 11.8 Å². The second kappa shape index (κ2) is 8.60. The van der Waals surface area contributed by atoms with Crippen LogP contribution in [0, 0.1) is 17.8 Å². The molecular formula is C37H38NOS+. The maximum absolute atomic E-state index is 6.64. The number of nitrogens with zero attached hydrogens (tertiary/aromatic N) is 1. The molecule has 0 atom stereocenters. The number of para-hydroxylation sites is 1. The minimum absolute atomic E-state index is 0.135. The average molecular weight is 545 g/mol. The van der Waals surface area contributed by atoms with Gasteiger partial charge in [-0.2, -0.15) is 0 Å². The fourth-order valence-electron chi connectivity index (χ4n) is 6.77. The lowest BCUT2D eigenvalue weighted by Crippen LogP contribution is -2.32. The number of benzene rings is 4. The highest BCUT2D eigenvalue weighted by atomic mass is 32.2. The summed E-state index contributed by atoms with van der Waals surface area (Å²) in [6, 6.07) is 20.4. The van der Waals surface area contributed by atoms with E-state index in [1.54, 1.807) is 0 Å². The van der Waals surface area contributed by atoms with E-state index >= 15 is 0 Å². The Bertz CT molecular complexity index is 2010.